The highest BCUT2D eigenvalue weighted by atomic mass is 16.5. The third-order valence-electron chi connectivity index (χ3n) is 3.26. The standard InChI is InChI=1S/C18H28N2O3/c1-7-20(11-16(21)19-18(4,5)6)17(22)12-23-15-9-8-13(2)10-14(15)3/h8-10H,7,11-12H2,1-6H3,(H,19,21). The minimum Gasteiger partial charge on any atom is -0.484 e. The molecule has 0 radical (unpaired) electrons. The van der Waals surface area contributed by atoms with Gasteiger partial charge in [0.25, 0.3) is 5.91 Å². The zero-order valence-corrected chi connectivity index (χ0v) is 15.0. The molecular formula is C18H28N2O3. The SMILES string of the molecule is CCN(CC(=O)NC(C)(C)C)C(=O)COc1ccc(C)cc1C. The van der Waals surface area contributed by atoms with Crippen LogP contribution in [0.25, 0.3) is 0 Å². The number of nitrogens with zero attached hydrogens (tertiary/aromatic N) is 1. The fourth-order valence-corrected chi connectivity index (χ4v) is 2.20. The van der Waals surface area contributed by atoms with E-state index in [-0.39, 0.29) is 30.5 Å². The molecule has 5 nitrogen and oxygen atoms in total. The zero-order chi connectivity index (χ0) is 17.6. The molecule has 2 amide bonds. The average molecular weight is 320 g/mol. The Labute approximate surface area is 139 Å². The first-order valence-corrected chi connectivity index (χ1v) is 7.91. The van der Waals surface area contributed by atoms with Crippen molar-refractivity contribution in [1.29, 1.82) is 0 Å². The fourth-order valence-electron chi connectivity index (χ4n) is 2.20. The highest BCUT2D eigenvalue weighted by Crippen LogP contribution is 2.18. The van der Waals surface area contributed by atoms with E-state index in [4.69, 9.17) is 4.74 Å². The van der Waals surface area contributed by atoms with Crippen molar-refractivity contribution in [2.75, 3.05) is 19.7 Å². The quantitative estimate of drug-likeness (QED) is 0.876. The smallest absolute Gasteiger partial charge is 0.260 e. The molecule has 1 aromatic carbocycles. The summed E-state index contributed by atoms with van der Waals surface area (Å²) in [6, 6.07) is 5.82. The summed E-state index contributed by atoms with van der Waals surface area (Å²) in [5.41, 5.74) is 1.83. The number of hydrogen-bond acceptors (Lipinski definition) is 3. The Balaban J connectivity index is 2.58. The predicted octanol–water partition coefficient (Wildman–Crippen LogP) is 2.45. The molecule has 0 unspecified atom stereocenters. The summed E-state index contributed by atoms with van der Waals surface area (Å²) in [4.78, 5) is 25.7. The third-order valence-corrected chi connectivity index (χ3v) is 3.26. The Morgan fingerprint density at radius 2 is 1.87 bits per heavy atom. The summed E-state index contributed by atoms with van der Waals surface area (Å²) in [5.74, 6) is 0.329. The van der Waals surface area contributed by atoms with E-state index >= 15 is 0 Å². The van der Waals surface area contributed by atoms with Gasteiger partial charge < -0.3 is 15.0 Å². The Kier molecular flexibility index (Phi) is 6.61. The van der Waals surface area contributed by atoms with Crippen molar-refractivity contribution in [3.63, 3.8) is 0 Å². The molecule has 0 aliphatic carbocycles. The molecule has 0 aliphatic rings. The van der Waals surface area contributed by atoms with Gasteiger partial charge in [-0.25, -0.2) is 0 Å². The number of amides is 2. The molecule has 5 heteroatoms. The molecular weight excluding hydrogens is 292 g/mol. The lowest BCUT2D eigenvalue weighted by Gasteiger charge is -2.25. The molecule has 0 bridgehead atoms. The summed E-state index contributed by atoms with van der Waals surface area (Å²) in [7, 11) is 0. The molecule has 0 atom stereocenters. The molecule has 23 heavy (non-hydrogen) atoms. The minimum absolute atomic E-state index is 0.0445. The lowest BCUT2D eigenvalue weighted by Crippen LogP contribution is -2.48. The molecule has 128 valence electrons. The van der Waals surface area contributed by atoms with Crippen molar-refractivity contribution in [1.82, 2.24) is 10.2 Å². The molecule has 0 aromatic heterocycles. The van der Waals surface area contributed by atoms with Gasteiger partial charge in [0, 0.05) is 12.1 Å². The zero-order valence-electron chi connectivity index (χ0n) is 15.0. The normalized spacial score (nSPS) is 11.0. The van der Waals surface area contributed by atoms with E-state index in [1.807, 2.05) is 59.7 Å². The monoisotopic (exact) mass is 320 g/mol. The molecule has 0 saturated heterocycles. The minimum atomic E-state index is -0.310. The lowest BCUT2D eigenvalue weighted by atomic mass is 10.1. The van der Waals surface area contributed by atoms with Crippen LogP contribution in [0.3, 0.4) is 0 Å². The maximum absolute atomic E-state index is 12.2. The summed E-state index contributed by atoms with van der Waals surface area (Å²) in [5, 5.41) is 2.85. The topological polar surface area (TPSA) is 58.6 Å². The van der Waals surface area contributed by atoms with Gasteiger partial charge in [-0.15, -0.1) is 0 Å². The van der Waals surface area contributed by atoms with Gasteiger partial charge in [-0.1, -0.05) is 17.7 Å². The first-order chi connectivity index (χ1) is 10.6. The molecule has 0 fully saturated rings. The van der Waals surface area contributed by atoms with Crippen LogP contribution in [0.2, 0.25) is 0 Å². The van der Waals surface area contributed by atoms with Crippen LogP contribution in [-0.2, 0) is 9.59 Å². The van der Waals surface area contributed by atoms with E-state index < -0.39 is 0 Å². The number of likely N-dealkylation sites (N-methyl/N-ethyl adjacent to an activating group) is 1. The first-order valence-electron chi connectivity index (χ1n) is 7.91. The van der Waals surface area contributed by atoms with Crippen LogP contribution < -0.4 is 10.1 Å². The van der Waals surface area contributed by atoms with Crippen LogP contribution in [0.15, 0.2) is 18.2 Å². The molecule has 1 rings (SSSR count). The van der Waals surface area contributed by atoms with Crippen molar-refractivity contribution >= 4 is 11.8 Å². The first kappa shape index (κ1) is 19.0. The van der Waals surface area contributed by atoms with Crippen molar-refractivity contribution in [2.45, 2.75) is 47.1 Å². The van der Waals surface area contributed by atoms with Crippen LogP contribution >= 0.6 is 0 Å². The number of ether oxygens (including phenoxy) is 1. The van der Waals surface area contributed by atoms with E-state index in [2.05, 4.69) is 5.32 Å². The van der Waals surface area contributed by atoms with Gasteiger partial charge in [0.15, 0.2) is 6.61 Å². The molecule has 0 aliphatic heterocycles. The van der Waals surface area contributed by atoms with Crippen molar-refractivity contribution < 1.29 is 14.3 Å². The Morgan fingerprint density at radius 1 is 1.22 bits per heavy atom. The van der Waals surface area contributed by atoms with Gasteiger partial charge in [0.2, 0.25) is 5.91 Å². The van der Waals surface area contributed by atoms with Crippen LogP contribution in [0.4, 0.5) is 0 Å². The maximum Gasteiger partial charge on any atom is 0.260 e. The number of benzene rings is 1. The Bertz CT molecular complexity index is 562. The summed E-state index contributed by atoms with van der Waals surface area (Å²) in [6.45, 7) is 12.0. The molecule has 0 saturated carbocycles. The highest BCUT2D eigenvalue weighted by Gasteiger charge is 2.19. The van der Waals surface area contributed by atoms with Gasteiger partial charge in [-0.3, -0.25) is 9.59 Å². The number of carbonyl (C=O) groups excluding carboxylic acids is 2. The van der Waals surface area contributed by atoms with Crippen LogP contribution in [0.1, 0.15) is 38.8 Å². The number of carbonyl (C=O) groups is 2. The van der Waals surface area contributed by atoms with E-state index in [1.54, 1.807) is 0 Å². The number of hydrogen-bond donors (Lipinski definition) is 1. The fraction of sp³-hybridized carbons (Fsp3) is 0.556. The van der Waals surface area contributed by atoms with Crippen molar-refractivity contribution in [3.8, 4) is 5.75 Å². The molecule has 0 heterocycles. The van der Waals surface area contributed by atoms with Crippen LogP contribution in [0.5, 0.6) is 5.75 Å². The van der Waals surface area contributed by atoms with Gasteiger partial charge >= 0.3 is 0 Å². The molecule has 1 N–H and O–H groups in total. The summed E-state index contributed by atoms with van der Waals surface area (Å²) >= 11 is 0. The third kappa shape index (κ3) is 6.72. The highest BCUT2D eigenvalue weighted by molar-refractivity contribution is 5.85. The maximum atomic E-state index is 12.2. The number of rotatable bonds is 6. The molecule has 1 aromatic rings. The second kappa shape index (κ2) is 7.99. The Morgan fingerprint density at radius 3 is 2.39 bits per heavy atom. The largest absolute Gasteiger partial charge is 0.484 e. The average Bonchev–Trinajstić information content (AvgIpc) is 2.41. The van der Waals surface area contributed by atoms with Crippen molar-refractivity contribution in [2.24, 2.45) is 0 Å². The van der Waals surface area contributed by atoms with Gasteiger partial charge in [-0.05, 0) is 53.2 Å². The lowest BCUT2D eigenvalue weighted by molar-refractivity contribution is -0.137. The second-order valence-corrected chi connectivity index (χ2v) is 6.76. The number of nitrogens with one attached hydrogen (secondary N) is 1. The second-order valence-electron chi connectivity index (χ2n) is 6.76. The summed E-state index contributed by atoms with van der Waals surface area (Å²) in [6.07, 6.45) is 0. The molecule has 0 spiro atoms. The van der Waals surface area contributed by atoms with E-state index in [0.29, 0.717) is 12.3 Å². The van der Waals surface area contributed by atoms with E-state index in [0.717, 1.165) is 11.1 Å². The summed E-state index contributed by atoms with van der Waals surface area (Å²) < 4.78 is 5.60. The van der Waals surface area contributed by atoms with Crippen LogP contribution in [-0.4, -0.2) is 41.9 Å². The van der Waals surface area contributed by atoms with E-state index in [1.165, 1.54) is 4.90 Å². The van der Waals surface area contributed by atoms with Crippen LogP contribution in [0, 0.1) is 13.8 Å². The van der Waals surface area contributed by atoms with Crippen molar-refractivity contribution in [3.05, 3.63) is 29.3 Å². The van der Waals surface area contributed by atoms with Gasteiger partial charge in [0.05, 0.1) is 6.54 Å². The van der Waals surface area contributed by atoms with Gasteiger partial charge in [0.1, 0.15) is 5.75 Å². The Hall–Kier alpha value is -2.04. The van der Waals surface area contributed by atoms with E-state index in [9.17, 15) is 9.59 Å². The van der Waals surface area contributed by atoms with Gasteiger partial charge in [-0.2, -0.15) is 0 Å². The predicted molar refractivity (Wildman–Crippen MR) is 91.6 cm³/mol. The number of aryl methyl sites for hydroxylation is 2.